The average Bonchev–Trinajstić information content (AvgIpc) is 2.66. The van der Waals surface area contributed by atoms with Crippen LogP contribution < -0.4 is 15.6 Å². The molecule has 1 amide bonds. The van der Waals surface area contributed by atoms with Crippen molar-refractivity contribution in [2.45, 2.75) is 13.5 Å². The minimum Gasteiger partial charge on any atom is -0.494 e. The summed E-state index contributed by atoms with van der Waals surface area (Å²) in [7, 11) is 0. The molecule has 2 aromatic carbocycles. The van der Waals surface area contributed by atoms with Crippen molar-refractivity contribution in [2.24, 2.45) is 0 Å². The molecule has 0 fully saturated rings. The number of amides is 1. The minimum absolute atomic E-state index is 0.187. The topological polar surface area (TPSA) is 73.2 Å². The van der Waals surface area contributed by atoms with Crippen LogP contribution in [0.5, 0.6) is 5.75 Å². The van der Waals surface area contributed by atoms with Gasteiger partial charge in [-0.05, 0) is 49.4 Å². The Hall–Kier alpha value is -3.12. The summed E-state index contributed by atoms with van der Waals surface area (Å²) in [5, 5.41) is 7.63. The van der Waals surface area contributed by atoms with Crippen LogP contribution in [-0.2, 0) is 11.3 Å². The van der Waals surface area contributed by atoms with Gasteiger partial charge in [0.25, 0.3) is 5.56 Å². The highest BCUT2D eigenvalue weighted by Crippen LogP contribution is 2.18. The molecule has 0 aliphatic rings. The van der Waals surface area contributed by atoms with Crippen LogP contribution in [0.25, 0.3) is 11.3 Å². The summed E-state index contributed by atoms with van der Waals surface area (Å²) in [6, 6.07) is 17.1. The predicted molar refractivity (Wildman–Crippen MR) is 105 cm³/mol. The number of hydrogen-bond donors (Lipinski definition) is 1. The van der Waals surface area contributed by atoms with E-state index in [1.807, 2.05) is 6.92 Å². The van der Waals surface area contributed by atoms with Crippen LogP contribution in [0.15, 0.2) is 65.5 Å². The molecule has 1 aromatic heterocycles. The van der Waals surface area contributed by atoms with E-state index in [1.54, 1.807) is 54.6 Å². The molecule has 0 saturated heterocycles. The summed E-state index contributed by atoms with van der Waals surface area (Å²) in [6.45, 7) is 2.29. The highest BCUT2D eigenvalue weighted by atomic mass is 35.5. The monoisotopic (exact) mass is 383 g/mol. The van der Waals surface area contributed by atoms with Crippen molar-refractivity contribution in [1.82, 2.24) is 9.78 Å². The van der Waals surface area contributed by atoms with Crippen molar-refractivity contribution >= 4 is 23.2 Å². The Morgan fingerprint density at radius 1 is 1.07 bits per heavy atom. The lowest BCUT2D eigenvalue weighted by Crippen LogP contribution is -2.29. The second-order valence-electron chi connectivity index (χ2n) is 5.73. The number of rotatable bonds is 6. The summed E-state index contributed by atoms with van der Waals surface area (Å²) >= 11 is 5.89. The second kappa shape index (κ2) is 8.51. The quantitative estimate of drug-likeness (QED) is 0.705. The Labute approximate surface area is 161 Å². The van der Waals surface area contributed by atoms with Gasteiger partial charge in [0.1, 0.15) is 12.3 Å². The zero-order valence-corrected chi connectivity index (χ0v) is 15.4. The van der Waals surface area contributed by atoms with Gasteiger partial charge in [-0.2, -0.15) is 5.10 Å². The molecule has 6 nitrogen and oxygen atoms in total. The van der Waals surface area contributed by atoms with Gasteiger partial charge in [-0.1, -0.05) is 23.7 Å². The normalized spacial score (nSPS) is 10.4. The molecule has 27 heavy (non-hydrogen) atoms. The standard InChI is InChI=1S/C20H18ClN3O3/c1-2-27-17-9-7-16(8-10-17)22-19(25)13-24-20(26)12-11-18(23-24)14-3-5-15(21)6-4-14/h3-12H,2,13H2,1H3,(H,22,25). The Balaban J connectivity index is 1.72. The van der Waals surface area contributed by atoms with Gasteiger partial charge >= 0.3 is 0 Å². The fourth-order valence-corrected chi connectivity index (χ4v) is 2.60. The first-order valence-corrected chi connectivity index (χ1v) is 8.80. The van der Waals surface area contributed by atoms with E-state index in [9.17, 15) is 9.59 Å². The van der Waals surface area contributed by atoms with Crippen LogP contribution in [0.4, 0.5) is 5.69 Å². The molecule has 0 aliphatic carbocycles. The van der Waals surface area contributed by atoms with Crippen molar-refractivity contribution in [3.63, 3.8) is 0 Å². The third kappa shape index (κ3) is 4.95. The average molecular weight is 384 g/mol. The zero-order valence-electron chi connectivity index (χ0n) is 14.7. The third-order valence-electron chi connectivity index (χ3n) is 3.75. The molecule has 0 bridgehead atoms. The number of aromatic nitrogens is 2. The fourth-order valence-electron chi connectivity index (χ4n) is 2.47. The molecule has 0 radical (unpaired) electrons. The van der Waals surface area contributed by atoms with E-state index in [0.29, 0.717) is 23.0 Å². The summed E-state index contributed by atoms with van der Waals surface area (Å²) in [6.07, 6.45) is 0. The molecule has 0 unspecified atom stereocenters. The lowest BCUT2D eigenvalue weighted by Gasteiger charge is -2.09. The number of halogens is 1. The molecular weight excluding hydrogens is 366 g/mol. The molecule has 7 heteroatoms. The Morgan fingerprint density at radius 3 is 2.44 bits per heavy atom. The highest BCUT2D eigenvalue weighted by molar-refractivity contribution is 6.30. The molecule has 138 valence electrons. The number of benzene rings is 2. The molecule has 0 spiro atoms. The van der Waals surface area contributed by atoms with E-state index in [-0.39, 0.29) is 18.0 Å². The maximum absolute atomic E-state index is 12.3. The van der Waals surface area contributed by atoms with Gasteiger partial charge in [0, 0.05) is 22.3 Å². The van der Waals surface area contributed by atoms with E-state index in [1.165, 1.54) is 6.07 Å². The van der Waals surface area contributed by atoms with Gasteiger partial charge in [-0.3, -0.25) is 9.59 Å². The minimum atomic E-state index is -0.352. The second-order valence-corrected chi connectivity index (χ2v) is 6.16. The van der Waals surface area contributed by atoms with E-state index >= 15 is 0 Å². The van der Waals surface area contributed by atoms with Crippen LogP contribution in [0.3, 0.4) is 0 Å². The SMILES string of the molecule is CCOc1ccc(NC(=O)Cn2nc(-c3ccc(Cl)cc3)ccc2=O)cc1. The molecular formula is C20H18ClN3O3. The highest BCUT2D eigenvalue weighted by Gasteiger charge is 2.09. The number of carbonyl (C=O) groups excluding carboxylic acids is 1. The Morgan fingerprint density at radius 2 is 1.78 bits per heavy atom. The molecule has 0 atom stereocenters. The zero-order chi connectivity index (χ0) is 19.2. The van der Waals surface area contributed by atoms with Crippen molar-refractivity contribution in [2.75, 3.05) is 11.9 Å². The third-order valence-corrected chi connectivity index (χ3v) is 4.00. The van der Waals surface area contributed by atoms with Gasteiger partial charge < -0.3 is 10.1 Å². The number of hydrogen-bond acceptors (Lipinski definition) is 4. The summed E-state index contributed by atoms with van der Waals surface area (Å²) in [5.41, 5.74) is 1.65. The summed E-state index contributed by atoms with van der Waals surface area (Å²) in [4.78, 5) is 24.3. The molecule has 1 heterocycles. The number of nitrogens with zero attached hydrogens (tertiary/aromatic N) is 2. The predicted octanol–water partition coefficient (Wildman–Crippen LogP) is 3.60. The van der Waals surface area contributed by atoms with Crippen molar-refractivity contribution in [3.8, 4) is 17.0 Å². The molecule has 0 saturated carbocycles. The molecule has 1 N–H and O–H groups in total. The maximum atomic E-state index is 12.3. The lowest BCUT2D eigenvalue weighted by atomic mass is 10.1. The van der Waals surface area contributed by atoms with Crippen LogP contribution >= 0.6 is 11.6 Å². The van der Waals surface area contributed by atoms with Crippen LogP contribution in [-0.4, -0.2) is 22.3 Å². The number of ether oxygens (including phenoxy) is 1. The largest absolute Gasteiger partial charge is 0.494 e. The molecule has 3 aromatic rings. The van der Waals surface area contributed by atoms with Gasteiger partial charge in [-0.15, -0.1) is 0 Å². The van der Waals surface area contributed by atoms with E-state index < -0.39 is 0 Å². The van der Waals surface area contributed by atoms with Crippen molar-refractivity contribution in [3.05, 3.63) is 76.0 Å². The van der Waals surface area contributed by atoms with Gasteiger partial charge in [-0.25, -0.2) is 4.68 Å². The van der Waals surface area contributed by atoms with Crippen LogP contribution in [0.2, 0.25) is 5.02 Å². The summed E-state index contributed by atoms with van der Waals surface area (Å²) in [5.74, 6) is 0.381. The number of anilines is 1. The van der Waals surface area contributed by atoms with Crippen molar-refractivity contribution in [1.29, 1.82) is 0 Å². The first kappa shape index (κ1) is 18.7. The number of nitrogens with one attached hydrogen (secondary N) is 1. The Kier molecular flexibility index (Phi) is 5.88. The fraction of sp³-hybridized carbons (Fsp3) is 0.150. The van der Waals surface area contributed by atoms with Crippen molar-refractivity contribution < 1.29 is 9.53 Å². The van der Waals surface area contributed by atoms with Gasteiger partial charge in [0.05, 0.1) is 12.3 Å². The van der Waals surface area contributed by atoms with Gasteiger partial charge in [0.2, 0.25) is 5.91 Å². The first-order chi connectivity index (χ1) is 13.0. The molecule has 3 rings (SSSR count). The smallest absolute Gasteiger partial charge is 0.267 e. The van der Waals surface area contributed by atoms with E-state index in [4.69, 9.17) is 16.3 Å². The summed E-state index contributed by atoms with van der Waals surface area (Å²) < 4.78 is 6.50. The lowest BCUT2D eigenvalue weighted by molar-refractivity contribution is -0.117. The van der Waals surface area contributed by atoms with Crippen LogP contribution in [0, 0.1) is 0 Å². The van der Waals surface area contributed by atoms with Gasteiger partial charge in [0.15, 0.2) is 0 Å². The Bertz CT molecular complexity index is 983. The first-order valence-electron chi connectivity index (χ1n) is 8.42. The van der Waals surface area contributed by atoms with E-state index in [0.717, 1.165) is 16.0 Å². The molecule has 0 aliphatic heterocycles. The van der Waals surface area contributed by atoms with Crippen LogP contribution in [0.1, 0.15) is 6.92 Å². The maximum Gasteiger partial charge on any atom is 0.267 e. The van der Waals surface area contributed by atoms with E-state index in [2.05, 4.69) is 10.4 Å². The number of carbonyl (C=O) groups is 1.